The molecule has 2 aromatic rings. The highest BCUT2D eigenvalue weighted by Gasteiger charge is 2.51. The van der Waals surface area contributed by atoms with Crippen LogP contribution in [0.25, 0.3) is 10.1 Å². The van der Waals surface area contributed by atoms with Gasteiger partial charge in [-0.05, 0) is 116 Å². The van der Waals surface area contributed by atoms with Crippen molar-refractivity contribution in [1.29, 1.82) is 0 Å². The number of rotatable bonds is 17. The standard InChI is InChI=1S/C41H74O5SSi3/c1-39(2,3)48(10,11)44-33(37-28-30-22-20-21-24-36(30)47-37)27-26-32-31(23-18-16-17-19-25-38(42)43)34(45-49(12,13)40(4,5)6)29-35(32)46-50(14,15)41(7,8)9/h20-22,24,28,31-35H,16-19,23,25-27,29H2,1-15H3,(H,42,43)/t31-,32-,33-,34?,35?/m1/s1. The van der Waals surface area contributed by atoms with E-state index in [1.807, 2.05) is 11.3 Å². The Morgan fingerprint density at radius 3 is 1.76 bits per heavy atom. The minimum absolute atomic E-state index is 0.0545. The van der Waals surface area contributed by atoms with E-state index >= 15 is 0 Å². The average Bonchev–Trinajstić information content (AvgIpc) is 3.51. The van der Waals surface area contributed by atoms with Crippen molar-refractivity contribution >= 4 is 52.3 Å². The van der Waals surface area contributed by atoms with Gasteiger partial charge in [0.25, 0.3) is 0 Å². The lowest BCUT2D eigenvalue weighted by Gasteiger charge is -2.41. The predicted octanol–water partition coefficient (Wildman–Crippen LogP) is 13.6. The maximum Gasteiger partial charge on any atom is 0.303 e. The highest BCUT2D eigenvalue weighted by Crippen LogP contribution is 2.51. The summed E-state index contributed by atoms with van der Waals surface area (Å²) in [6.07, 6.45) is 8.64. The molecule has 0 saturated heterocycles. The zero-order chi connectivity index (χ0) is 37.9. The molecule has 1 saturated carbocycles. The van der Waals surface area contributed by atoms with Crippen LogP contribution < -0.4 is 0 Å². The third kappa shape index (κ3) is 11.3. The van der Waals surface area contributed by atoms with Crippen molar-refractivity contribution in [3.63, 3.8) is 0 Å². The molecule has 1 fully saturated rings. The molecule has 0 aliphatic heterocycles. The number of carboxylic acids is 1. The molecule has 0 radical (unpaired) electrons. The predicted molar refractivity (Wildman–Crippen MR) is 223 cm³/mol. The zero-order valence-corrected chi connectivity index (χ0v) is 38.4. The van der Waals surface area contributed by atoms with E-state index in [4.69, 9.17) is 13.3 Å². The van der Waals surface area contributed by atoms with Crippen LogP contribution in [-0.2, 0) is 18.1 Å². The van der Waals surface area contributed by atoms with E-state index < -0.39 is 30.9 Å². The van der Waals surface area contributed by atoms with Crippen LogP contribution in [0.4, 0.5) is 0 Å². The van der Waals surface area contributed by atoms with Crippen LogP contribution in [0.2, 0.25) is 54.4 Å². The number of hydrogen-bond donors (Lipinski definition) is 1. The summed E-state index contributed by atoms with van der Waals surface area (Å²) >= 11 is 1.90. The van der Waals surface area contributed by atoms with E-state index in [0.29, 0.717) is 11.8 Å². The smallest absolute Gasteiger partial charge is 0.303 e. The van der Waals surface area contributed by atoms with Crippen molar-refractivity contribution in [3.05, 3.63) is 35.2 Å². The van der Waals surface area contributed by atoms with Crippen molar-refractivity contribution in [2.45, 2.75) is 193 Å². The van der Waals surface area contributed by atoms with E-state index in [0.717, 1.165) is 51.4 Å². The summed E-state index contributed by atoms with van der Waals surface area (Å²) in [6.45, 7) is 35.5. The van der Waals surface area contributed by atoms with Crippen LogP contribution in [-0.4, -0.2) is 48.2 Å². The molecule has 1 aromatic carbocycles. The Morgan fingerprint density at radius 1 is 0.760 bits per heavy atom. The van der Waals surface area contributed by atoms with Crippen molar-refractivity contribution in [2.75, 3.05) is 0 Å². The van der Waals surface area contributed by atoms with Gasteiger partial charge in [0.15, 0.2) is 25.0 Å². The number of carbonyl (C=O) groups is 1. The number of benzene rings is 1. The Labute approximate surface area is 314 Å². The van der Waals surface area contributed by atoms with Gasteiger partial charge >= 0.3 is 5.97 Å². The van der Waals surface area contributed by atoms with Crippen LogP contribution in [0.1, 0.15) is 131 Å². The first-order valence-electron chi connectivity index (χ1n) is 19.5. The second-order valence-electron chi connectivity index (χ2n) is 19.9. The Hall–Kier alpha value is -0.819. The number of unbranched alkanes of at least 4 members (excludes halogenated alkanes) is 3. The fraction of sp³-hybridized carbons (Fsp3) is 0.780. The van der Waals surface area contributed by atoms with E-state index in [1.54, 1.807) is 0 Å². The lowest BCUT2D eigenvalue weighted by Crippen LogP contribution is -2.45. The SMILES string of the molecule is CC(C)(C)[Si](C)(C)OC1CC(O[Si](C)(C)C(C)(C)C)[C@H](CC[C@@H](O[Si](C)(C)C(C)(C)C)c2cc3ccccc3s2)[C@H]1CCCCCCC(=O)O. The molecule has 9 heteroatoms. The minimum Gasteiger partial charge on any atom is -0.481 e. The number of hydrogen-bond acceptors (Lipinski definition) is 5. The van der Waals surface area contributed by atoms with Gasteiger partial charge in [-0.1, -0.05) is 99.8 Å². The van der Waals surface area contributed by atoms with Crippen molar-refractivity contribution < 1.29 is 23.2 Å². The maximum absolute atomic E-state index is 11.2. The number of aliphatic carboxylic acids is 1. The molecule has 3 rings (SSSR count). The summed E-state index contributed by atoms with van der Waals surface area (Å²) in [5, 5.41) is 10.9. The third-order valence-corrected chi connectivity index (χ3v) is 27.6. The molecule has 5 atom stereocenters. The zero-order valence-electron chi connectivity index (χ0n) is 34.6. The summed E-state index contributed by atoms with van der Waals surface area (Å²) in [5.41, 5.74) is 0. The quantitative estimate of drug-likeness (QED) is 0.128. The fourth-order valence-electron chi connectivity index (χ4n) is 6.62. The Bertz CT molecular complexity index is 1350. The fourth-order valence-corrected chi connectivity index (χ4v) is 11.9. The van der Waals surface area contributed by atoms with Crippen molar-refractivity contribution in [2.24, 2.45) is 11.8 Å². The van der Waals surface area contributed by atoms with Crippen LogP contribution >= 0.6 is 11.3 Å². The van der Waals surface area contributed by atoms with Crippen LogP contribution in [0.15, 0.2) is 30.3 Å². The van der Waals surface area contributed by atoms with Crippen molar-refractivity contribution in [1.82, 2.24) is 0 Å². The average molecular weight is 763 g/mol. The first-order chi connectivity index (χ1) is 22.8. The monoisotopic (exact) mass is 762 g/mol. The van der Waals surface area contributed by atoms with E-state index in [2.05, 4.69) is 132 Å². The van der Waals surface area contributed by atoms with Crippen molar-refractivity contribution in [3.8, 4) is 0 Å². The molecular formula is C41H74O5SSi3. The summed E-state index contributed by atoms with van der Waals surface area (Å²) in [6, 6.07) is 11.1. The molecule has 5 nitrogen and oxygen atoms in total. The van der Waals surface area contributed by atoms with Crippen LogP contribution in [0.5, 0.6) is 0 Å². The molecule has 50 heavy (non-hydrogen) atoms. The van der Waals surface area contributed by atoms with Gasteiger partial charge in [-0.2, -0.15) is 0 Å². The van der Waals surface area contributed by atoms with E-state index in [1.165, 1.54) is 15.0 Å². The second kappa shape index (κ2) is 16.7. The molecule has 1 N–H and O–H groups in total. The van der Waals surface area contributed by atoms with Gasteiger partial charge in [0, 0.05) is 16.0 Å². The van der Waals surface area contributed by atoms with Gasteiger partial charge in [0.2, 0.25) is 0 Å². The first-order valence-corrected chi connectivity index (χ1v) is 29.0. The van der Waals surface area contributed by atoms with Gasteiger partial charge in [-0.3, -0.25) is 4.79 Å². The molecule has 0 spiro atoms. The third-order valence-electron chi connectivity index (χ3n) is 12.9. The highest BCUT2D eigenvalue weighted by molar-refractivity contribution is 7.19. The number of fused-ring (bicyclic) bond motifs is 1. The van der Waals surface area contributed by atoms with Gasteiger partial charge in [-0.15, -0.1) is 11.3 Å². The Kier molecular flexibility index (Phi) is 14.5. The Balaban J connectivity index is 2.01. The van der Waals surface area contributed by atoms with Crippen LogP contribution in [0, 0.1) is 11.8 Å². The van der Waals surface area contributed by atoms with Crippen LogP contribution in [0.3, 0.4) is 0 Å². The summed E-state index contributed by atoms with van der Waals surface area (Å²) in [4.78, 5) is 12.5. The molecule has 1 aromatic heterocycles. The molecule has 2 unspecified atom stereocenters. The lowest BCUT2D eigenvalue weighted by atomic mass is 9.84. The number of thiophene rings is 1. The summed E-state index contributed by atoms with van der Waals surface area (Å²) in [5.74, 6) is 0.106. The number of carboxylic acid groups (broad SMARTS) is 1. The van der Waals surface area contributed by atoms with E-state index in [9.17, 15) is 9.90 Å². The van der Waals surface area contributed by atoms with Gasteiger partial charge in [0.1, 0.15) is 0 Å². The summed E-state index contributed by atoms with van der Waals surface area (Å²) in [7, 11) is -6.15. The summed E-state index contributed by atoms with van der Waals surface area (Å²) < 4.78 is 23.5. The molecule has 0 amide bonds. The van der Waals surface area contributed by atoms with Gasteiger partial charge in [0.05, 0.1) is 18.3 Å². The molecule has 1 aliphatic carbocycles. The first kappa shape index (κ1) is 43.6. The molecule has 1 heterocycles. The normalized spacial score (nSPS) is 22.0. The molecule has 0 bridgehead atoms. The van der Waals surface area contributed by atoms with Gasteiger partial charge in [-0.25, -0.2) is 0 Å². The molecular weight excluding hydrogens is 689 g/mol. The van der Waals surface area contributed by atoms with Gasteiger partial charge < -0.3 is 18.4 Å². The molecule has 1 aliphatic rings. The lowest BCUT2D eigenvalue weighted by molar-refractivity contribution is -0.137. The Morgan fingerprint density at radius 2 is 1.26 bits per heavy atom. The second-order valence-corrected chi connectivity index (χ2v) is 35.3. The minimum atomic E-state index is -2.06. The highest BCUT2D eigenvalue weighted by atomic mass is 32.1. The maximum atomic E-state index is 11.2. The molecule has 286 valence electrons. The van der Waals surface area contributed by atoms with E-state index in [-0.39, 0.29) is 39.8 Å². The largest absolute Gasteiger partial charge is 0.481 e. The topological polar surface area (TPSA) is 65.0 Å².